The number of benzene rings is 2. The molecule has 0 spiro atoms. The van der Waals surface area contributed by atoms with Gasteiger partial charge in [0.2, 0.25) is 65.0 Å². The molecule has 0 saturated carbocycles. The molecule has 560 valence electrons. The van der Waals surface area contributed by atoms with Crippen molar-refractivity contribution in [3.05, 3.63) is 47.5 Å². The van der Waals surface area contributed by atoms with Crippen LogP contribution in [0.5, 0.6) is 0 Å². The van der Waals surface area contributed by atoms with Crippen LogP contribution < -0.4 is 76.1 Å². The topological polar surface area (TPSA) is 483 Å². The van der Waals surface area contributed by atoms with Crippen LogP contribution in [0.15, 0.2) is 40.8 Å². The maximum Gasteiger partial charge on any atom is 0.326 e. The van der Waals surface area contributed by atoms with Gasteiger partial charge in [0.05, 0.1) is 6.61 Å². The van der Waals surface area contributed by atoms with Crippen LogP contribution in [0.25, 0.3) is 21.9 Å². The van der Waals surface area contributed by atoms with Gasteiger partial charge in [0.15, 0.2) is 0 Å². The number of nitrogens with two attached hydrogens (primary N) is 4. The number of aliphatic hydroxyl groups is 1. The summed E-state index contributed by atoms with van der Waals surface area (Å²) in [6.45, 7) is 17.9. The number of rotatable bonds is 48. The van der Waals surface area contributed by atoms with Crippen LogP contribution in [0.2, 0.25) is 0 Å². The number of unbranched alkanes of at least 4 members (excludes halogenated alkanes) is 2. The van der Waals surface area contributed by atoms with E-state index in [1.807, 2.05) is 71.0 Å². The molecule has 1 aromatic heterocycles. The molecule has 3 aromatic rings. The summed E-state index contributed by atoms with van der Waals surface area (Å²) in [7, 11) is 0. The third-order valence-electron chi connectivity index (χ3n) is 17.7. The van der Waals surface area contributed by atoms with Crippen molar-refractivity contribution in [3.63, 3.8) is 0 Å². The zero-order valence-corrected chi connectivity index (χ0v) is 61.0. The Morgan fingerprint density at radius 2 is 0.930 bits per heavy atom. The highest BCUT2D eigenvalue weighted by Gasteiger charge is 2.38. The summed E-state index contributed by atoms with van der Waals surface area (Å²) in [6.07, 6.45) is 5.19. The summed E-state index contributed by atoms with van der Waals surface area (Å²) in [5.41, 5.74) is 25.1. The number of primary amides is 1. The van der Waals surface area contributed by atoms with Crippen molar-refractivity contribution in [1.29, 1.82) is 0 Å². The van der Waals surface area contributed by atoms with Crippen LogP contribution in [-0.2, 0) is 70.4 Å². The number of nitrogens with one attached hydrogen (secondary N) is 10. The molecule has 0 aliphatic rings. The van der Waals surface area contributed by atoms with Crippen molar-refractivity contribution < 1.29 is 72.2 Å². The summed E-state index contributed by atoms with van der Waals surface area (Å²) in [5.74, 6) is -10.1. The molecule has 30 heteroatoms. The van der Waals surface area contributed by atoms with Crippen molar-refractivity contribution in [2.75, 3.05) is 38.2 Å². The second-order valence-corrected chi connectivity index (χ2v) is 27.9. The first-order chi connectivity index (χ1) is 47.4. The highest BCUT2D eigenvalue weighted by molar-refractivity contribution is 7.98. The maximum absolute atomic E-state index is 14.4. The molecule has 20 N–H and O–H groups in total. The Labute approximate surface area is 591 Å². The van der Waals surface area contributed by atoms with E-state index in [-0.39, 0.29) is 69.7 Å². The number of carboxylic acid groups (broad SMARTS) is 1. The molecule has 1 heterocycles. The number of carbonyl (C=O) groups excluding carboxylic acids is 11. The fourth-order valence-electron chi connectivity index (χ4n) is 11.2. The van der Waals surface area contributed by atoms with Gasteiger partial charge < -0.3 is 90.7 Å². The Morgan fingerprint density at radius 3 is 1.39 bits per heavy atom. The number of aryl methyl sites for hydroxylation is 1. The Bertz CT molecular complexity index is 3200. The maximum atomic E-state index is 14.4. The third kappa shape index (κ3) is 27.9. The average molecular weight is 1420 g/mol. The fourth-order valence-corrected chi connectivity index (χ4v) is 11.7. The molecule has 0 aliphatic heterocycles. The molecule has 0 unspecified atom stereocenters. The van der Waals surface area contributed by atoms with E-state index in [2.05, 4.69) is 53.2 Å². The van der Waals surface area contributed by atoms with Crippen LogP contribution in [0.3, 0.4) is 0 Å². The number of carbonyl (C=O) groups is 12. The number of aliphatic hydroxyl groups excluding tert-OH is 1. The Morgan fingerprint density at radius 1 is 0.500 bits per heavy atom. The van der Waals surface area contributed by atoms with E-state index in [0.29, 0.717) is 75.0 Å². The number of fused-ring (bicyclic) bond motifs is 3. The third-order valence-corrected chi connectivity index (χ3v) is 18.3. The van der Waals surface area contributed by atoms with Crippen molar-refractivity contribution in [1.82, 2.24) is 53.2 Å². The quantitative estimate of drug-likeness (QED) is 0.0358. The smallest absolute Gasteiger partial charge is 0.326 e. The first-order valence-electron chi connectivity index (χ1n) is 35.1. The Kier molecular flexibility index (Phi) is 38.3. The molecule has 29 nitrogen and oxygen atoms in total. The Hall–Kier alpha value is -7.93. The lowest BCUT2D eigenvalue weighted by Gasteiger charge is -2.31. The van der Waals surface area contributed by atoms with Crippen LogP contribution in [-0.4, -0.2) is 180 Å². The molecule has 2 aromatic carbocycles. The van der Waals surface area contributed by atoms with Gasteiger partial charge in [0.1, 0.15) is 71.6 Å². The first kappa shape index (κ1) is 86.3. The molecule has 11 amide bonds. The molecule has 0 aliphatic carbocycles. The number of aliphatic carboxylic acids is 1. The number of hydrogen-bond donors (Lipinski definition) is 16. The van der Waals surface area contributed by atoms with Crippen LogP contribution in [0.4, 0.5) is 0 Å². The van der Waals surface area contributed by atoms with E-state index in [0.717, 1.165) is 21.9 Å². The molecule has 0 bridgehead atoms. The summed E-state index contributed by atoms with van der Waals surface area (Å²) < 4.78 is 6.60. The van der Waals surface area contributed by atoms with Gasteiger partial charge in [0, 0.05) is 30.2 Å². The largest absolute Gasteiger partial charge is 0.480 e. The van der Waals surface area contributed by atoms with Crippen LogP contribution in [0.1, 0.15) is 164 Å². The van der Waals surface area contributed by atoms with E-state index in [9.17, 15) is 67.7 Å². The van der Waals surface area contributed by atoms with Crippen molar-refractivity contribution in [3.8, 4) is 0 Å². The lowest BCUT2D eigenvalue weighted by molar-refractivity contribution is -0.143. The second-order valence-electron chi connectivity index (χ2n) is 26.9. The van der Waals surface area contributed by atoms with Crippen LogP contribution in [0, 0.1) is 29.6 Å². The number of hydrogen-bond acceptors (Lipinski definition) is 18. The lowest BCUT2D eigenvalue weighted by Crippen LogP contribution is -2.60. The Balaban J connectivity index is 1.80. The number of carboxylic acids is 1. The van der Waals surface area contributed by atoms with E-state index in [1.165, 1.54) is 11.8 Å². The van der Waals surface area contributed by atoms with Gasteiger partial charge in [-0.05, 0) is 136 Å². The first-order valence-corrected chi connectivity index (χ1v) is 36.5. The second kappa shape index (κ2) is 44.3. The molecule has 0 fully saturated rings. The van der Waals surface area contributed by atoms with Gasteiger partial charge in [-0.2, -0.15) is 11.8 Å². The minimum Gasteiger partial charge on any atom is -0.480 e. The van der Waals surface area contributed by atoms with Gasteiger partial charge in [-0.25, -0.2) is 4.79 Å². The predicted octanol–water partition coefficient (Wildman–Crippen LogP) is 1.67. The van der Waals surface area contributed by atoms with E-state index >= 15 is 0 Å². The minimum absolute atomic E-state index is 0.0382. The summed E-state index contributed by atoms with van der Waals surface area (Å²) in [4.78, 5) is 163. The van der Waals surface area contributed by atoms with Gasteiger partial charge in [-0.1, -0.05) is 118 Å². The van der Waals surface area contributed by atoms with E-state index < -0.39 is 156 Å². The standard InChI is InChI=1S/C70H114N14O15S/c1-12-41(9)57(68(95)84-58(42(10)13-2)69(96)83-56(40(7)8)67(94)79-51(70(97)98)25-15-17-33-72)81-54(87)29-26-43-20-18-22-45-46-23-19-21-44(60(46)99-59(43)45)30-34-75-62(89)52(36-38(3)4)80-63(90)48(24-14-16-32-71)76-65(92)50(31-35-100-11)77-64(91)49(27-28-53(74)86)78-66(93)55(39(5)6)82-61(88)47(73)37-85/h18-23,38-42,47-52,55-58,85H,12-17,24-37,71-73H2,1-11H3,(H2,74,86)(H,75,89)(H,76,92)(H,77,91)(H,78,93)(H,79,94)(H,80,90)(H,81,87)(H,82,88)(H,83,96)(H,84,95)(H,97,98)/t41-,42-,47-,48-,49-,50-,51-,52-,55-,56-,57-,58-/m0/s1. The number of amides is 11. The molecular formula is C70H114N14O15S. The minimum atomic E-state index is -1.41. The monoisotopic (exact) mass is 1420 g/mol. The average Bonchev–Trinajstić information content (AvgIpc) is 1.62. The molecule has 3 rings (SSSR count). The number of furan rings is 1. The van der Waals surface area contributed by atoms with Gasteiger partial charge in [-0.3, -0.25) is 52.7 Å². The van der Waals surface area contributed by atoms with E-state index in [4.69, 9.17) is 27.4 Å². The summed E-state index contributed by atoms with van der Waals surface area (Å²) in [5, 5.41) is 48.2. The highest BCUT2D eigenvalue weighted by atomic mass is 32.2. The number of para-hydroxylation sites is 2. The molecular weight excluding hydrogens is 1310 g/mol. The van der Waals surface area contributed by atoms with Crippen molar-refractivity contribution >= 4 is 105 Å². The van der Waals surface area contributed by atoms with Gasteiger partial charge in [-0.15, -0.1) is 0 Å². The summed E-state index contributed by atoms with van der Waals surface area (Å²) >= 11 is 1.38. The number of thioether (sulfide) groups is 1. The van der Waals surface area contributed by atoms with Crippen LogP contribution >= 0.6 is 11.8 Å². The molecule has 100 heavy (non-hydrogen) atoms. The zero-order valence-electron chi connectivity index (χ0n) is 60.2. The normalized spacial score (nSPS) is 15.1. The molecule has 0 saturated heterocycles. The molecule has 0 radical (unpaired) electrons. The van der Waals surface area contributed by atoms with Gasteiger partial charge in [0.25, 0.3) is 0 Å². The fraction of sp³-hybridized carbons (Fsp3) is 0.657. The SMILES string of the molecule is CC[C@H](C)[C@H](NC(=O)CCc1cccc2c1oc1c(CCNC(=O)[C@H](CC(C)C)NC(=O)[C@H](CCCCN)NC(=O)[C@H](CCSC)NC(=O)[C@H](CCC(N)=O)NC(=O)[C@@H](NC(=O)[C@@H](N)CO)C(C)C)cccc12)C(=O)N[C@H](C(=O)N[C@H](C(=O)N[C@@H](CCCCN)C(=O)O)C(C)C)[C@@H](C)CC. The van der Waals surface area contributed by atoms with Crippen molar-refractivity contribution in [2.45, 2.75) is 226 Å². The predicted molar refractivity (Wildman–Crippen MR) is 384 cm³/mol. The summed E-state index contributed by atoms with van der Waals surface area (Å²) in [6, 6.07) is -0.631. The van der Waals surface area contributed by atoms with Gasteiger partial charge >= 0.3 is 5.97 Å². The lowest BCUT2D eigenvalue weighted by atomic mass is 9.94. The highest BCUT2D eigenvalue weighted by Crippen LogP contribution is 2.34. The molecule has 12 atom stereocenters. The van der Waals surface area contributed by atoms with E-state index in [1.54, 1.807) is 40.9 Å². The van der Waals surface area contributed by atoms with Crippen molar-refractivity contribution in [2.24, 2.45) is 52.5 Å². The zero-order chi connectivity index (χ0) is 74.9.